The van der Waals surface area contributed by atoms with Crippen LogP contribution in [0.3, 0.4) is 0 Å². The van der Waals surface area contributed by atoms with Gasteiger partial charge in [-0.3, -0.25) is 9.67 Å². The summed E-state index contributed by atoms with van der Waals surface area (Å²) >= 11 is 0. The quantitative estimate of drug-likeness (QED) is 0.404. The molecule has 1 N–H and O–H groups in total. The Hall–Kier alpha value is -1.61. The van der Waals surface area contributed by atoms with Crippen molar-refractivity contribution in [1.29, 1.82) is 0 Å². The fraction of sp³-hybridized carbons (Fsp3) is 0.500. The summed E-state index contributed by atoms with van der Waals surface area (Å²) in [5, 5.41) is 7.77. The Kier molecular flexibility index (Phi) is 8.56. The molecule has 2 heterocycles. The Morgan fingerprint density at radius 2 is 2.15 bits per heavy atom. The van der Waals surface area contributed by atoms with Crippen molar-refractivity contribution in [2.45, 2.75) is 25.4 Å². The maximum Gasteiger partial charge on any atom is 0.193 e. The van der Waals surface area contributed by atoms with Gasteiger partial charge in [-0.05, 0) is 17.9 Å². The van der Waals surface area contributed by atoms with Gasteiger partial charge in [0, 0.05) is 38.9 Å². The van der Waals surface area contributed by atoms with E-state index < -0.39 is 0 Å². The van der Waals surface area contributed by atoms with Crippen molar-refractivity contribution in [3.05, 3.63) is 53.9 Å². The molecule has 1 aliphatic heterocycles. The second-order valence-corrected chi connectivity index (χ2v) is 6.83. The predicted molar refractivity (Wildman–Crippen MR) is 120 cm³/mol. The molecule has 1 saturated heterocycles. The number of nitrogens with zero attached hydrogens (tertiary/aromatic N) is 4. The number of aromatic nitrogens is 2. The molecular formula is C20H30IN5O. The highest BCUT2D eigenvalue weighted by Gasteiger charge is 2.25. The van der Waals surface area contributed by atoms with Crippen LogP contribution in [0, 0.1) is 0 Å². The van der Waals surface area contributed by atoms with Gasteiger partial charge in [-0.1, -0.05) is 37.3 Å². The third-order valence-electron chi connectivity index (χ3n) is 4.90. The standard InChI is InChI=1S/C20H29N5O.HI/c1-16(17-7-5-4-6-8-17)9-10-22-20(21-2)25-11-12-26-19(15-25)18-13-23-24(3)14-18;/h4-8,13-14,16,19H,9-12,15H2,1-3H3,(H,21,22);1H. The first kappa shape index (κ1) is 21.7. The summed E-state index contributed by atoms with van der Waals surface area (Å²) in [6.45, 7) is 5.51. The molecule has 6 nitrogen and oxygen atoms in total. The fourth-order valence-electron chi connectivity index (χ4n) is 3.33. The van der Waals surface area contributed by atoms with Crippen LogP contribution < -0.4 is 5.32 Å². The lowest BCUT2D eigenvalue weighted by atomic mass is 9.98. The van der Waals surface area contributed by atoms with Crippen molar-refractivity contribution < 1.29 is 4.74 Å². The molecule has 148 valence electrons. The van der Waals surface area contributed by atoms with Gasteiger partial charge in [0.1, 0.15) is 6.10 Å². The topological polar surface area (TPSA) is 54.7 Å². The minimum Gasteiger partial charge on any atom is -0.370 e. The number of guanidine groups is 1. The number of nitrogens with one attached hydrogen (secondary N) is 1. The van der Waals surface area contributed by atoms with E-state index in [1.165, 1.54) is 5.56 Å². The molecular weight excluding hydrogens is 453 g/mol. The summed E-state index contributed by atoms with van der Waals surface area (Å²) < 4.78 is 7.74. The number of hydrogen-bond donors (Lipinski definition) is 1. The summed E-state index contributed by atoms with van der Waals surface area (Å²) in [6, 6.07) is 10.7. The van der Waals surface area contributed by atoms with Gasteiger partial charge >= 0.3 is 0 Å². The summed E-state index contributed by atoms with van der Waals surface area (Å²) in [5.74, 6) is 1.47. The normalized spacial score (nSPS) is 18.7. The molecule has 2 aromatic rings. The molecule has 7 heteroatoms. The van der Waals surface area contributed by atoms with Crippen LogP contribution in [0.1, 0.15) is 36.5 Å². The molecule has 27 heavy (non-hydrogen) atoms. The summed E-state index contributed by atoms with van der Waals surface area (Å²) in [5.41, 5.74) is 2.50. The minimum absolute atomic E-state index is 0. The average Bonchev–Trinajstić information content (AvgIpc) is 3.12. The number of hydrogen-bond acceptors (Lipinski definition) is 3. The van der Waals surface area contributed by atoms with E-state index in [0.29, 0.717) is 12.5 Å². The largest absolute Gasteiger partial charge is 0.370 e. The van der Waals surface area contributed by atoms with E-state index in [1.54, 1.807) is 0 Å². The number of aliphatic imine (C=N–C) groups is 1. The molecule has 0 radical (unpaired) electrons. The summed E-state index contributed by atoms with van der Waals surface area (Å²) in [6.07, 6.45) is 5.01. The molecule has 2 unspecified atom stereocenters. The summed E-state index contributed by atoms with van der Waals surface area (Å²) in [7, 11) is 3.77. The monoisotopic (exact) mass is 483 g/mol. The van der Waals surface area contributed by atoms with Gasteiger partial charge in [0.05, 0.1) is 19.3 Å². The van der Waals surface area contributed by atoms with Crippen molar-refractivity contribution in [3.8, 4) is 0 Å². The lowest BCUT2D eigenvalue weighted by molar-refractivity contribution is -0.00802. The van der Waals surface area contributed by atoms with Crippen LogP contribution in [-0.2, 0) is 11.8 Å². The van der Waals surface area contributed by atoms with Gasteiger partial charge < -0.3 is 15.0 Å². The summed E-state index contributed by atoms with van der Waals surface area (Å²) in [4.78, 5) is 6.74. The minimum atomic E-state index is 0. The van der Waals surface area contributed by atoms with Crippen LogP contribution in [0.5, 0.6) is 0 Å². The van der Waals surface area contributed by atoms with Crippen LogP contribution in [0.4, 0.5) is 0 Å². The lowest BCUT2D eigenvalue weighted by Crippen LogP contribution is -2.48. The molecule has 0 bridgehead atoms. The van der Waals surface area contributed by atoms with E-state index in [2.05, 4.69) is 57.6 Å². The SMILES string of the molecule is CN=C(NCCC(C)c1ccccc1)N1CCOC(c2cnn(C)c2)C1.I. The first-order valence-electron chi connectivity index (χ1n) is 9.28. The number of aryl methyl sites for hydroxylation is 1. The van der Waals surface area contributed by atoms with Gasteiger partial charge in [-0.2, -0.15) is 5.10 Å². The van der Waals surface area contributed by atoms with Crippen LogP contribution in [-0.4, -0.2) is 53.9 Å². The van der Waals surface area contributed by atoms with Crippen molar-refractivity contribution in [3.63, 3.8) is 0 Å². The van der Waals surface area contributed by atoms with Crippen molar-refractivity contribution in [2.24, 2.45) is 12.0 Å². The van der Waals surface area contributed by atoms with E-state index >= 15 is 0 Å². The van der Waals surface area contributed by atoms with Gasteiger partial charge in [0.15, 0.2) is 5.96 Å². The Bertz CT molecular complexity index is 718. The van der Waals surface area contributed by atoms with Crippen molar-refractivity contribution in [2.75, 3.05) is 33.3 Å². The smallest absolute Gasteiger partial charge is 0.193 e. The highest BCUT2D eigenvalue weighted by molar-refractivity contribution is 14.0. The third kappa shape index (κ3) is 5.93. The second-order valence-electron chi connectivity index (χ2n) is 6.83. The number of halogens is 1. The second kappa shape index (κ2) is 10.7. The molecule has 1 aromatic carbocycles. The van der Waals surface area contributed by atoms with E-state index in [-0.39, 0.29) is 30.1 Å². The highest BCUT2D eigenvalue weighted by atomic mass is 127. The number of ether oxygens (including phenoxy) is 1. The van der Waals surface area contributed by atoms with E-state index in [4.69, 9.17) is 4.74 Å². The van der Waals surface area contributed by atoms with Crippen LogP contribution in [0.25, 0.3) is 0 Å². The zero-order valence-electron chi connectivity index (χ0n) is 16.3. The molecule has 0 saturated carbocycles. The van der Waals surface area contributed by atoms with Crippen molar-refractivity contribution in [1.82, 2.24) is 20.0 Å². The zero-order chi connectivity index (χ0) is 18.4. The Morgan fingerprint density at radius 3 is 2.81 bits per heavy atom. The lowest BCUT2D eigenvalue weighted by Gasteiger charge is -2.34. The van der Waals surface area contributed by atoms with Gasteiger partial charge in [-0.15, -0.1) is 24.0 Å². The molecule has 0 aliphatic carbocycles. The van der Waals surface area contributed by atoms with Crippen molar-refractivity contribution >= 4 is 29.9 Å². The zero-order valence-corrected chi connectivity index (χ0v) is 18.7. The third-order valence-corrected chi connectivity index (χ3v) is 4.90. The molecule has 0 spiro atoms. The van der Waals surface area contributed by atoms with Crippen LogP contribution in [0.2, 0.25) is 0 Å². The van der Waals surface area contributed by atoms with E-state index in [1.807, 2.05) is 31.2 Å². The predicted octanol–water partition coefficient (Wildman–Crippen LogP) is 3.18. The Labute approximate surface area is 179 Å². The molecule has 3 rings (SSSR count). The Morgan fingerprint density at radius 1 is 1.37 bits per heavy atom. The number of morpholine rings is 1. The van der Waals surface area contributed by atoms with E-state index in [0.717, 1.165) is 37.6 Å². The van der Waals surface area contributed by atoms with Gasteiger partial charge in [-0.25, -0.2) is 0 Å². The molecule has 0 amide bonds. The highest BCUT2D eigenvalue weighted by Crippen LogP contribution is 2.22. The van der Waals surface area contributed by atoms with Crippen LogP contribution in [0.15, 0.2) is 47.7 Å². The maximum absolute atomic E-state index is 5.92. The molecule has 2 atom stereocenters. The van der Waals surface area contributed by atoms with Gasteiger partial charge in [0.2, 0.25) is 0 Å². The fourth-order valence-corrected chi connectivity index (χ4v) is 3.33. The number of rotatable bonds is 5. The van der Waals surface area contributed by atoms with Crippen LogP contribution >= 0.6 is 24.0 Å². The van der Waals surface area contributed by atoms with E-state index in [9.17, 15) is 0 Å². The first-order chi connectivity index (χ1) is 12.7. The first-order valence-corrected chi connectivity index (χ1v) is 9.28. The molecule has 1 fully saturated rings. The van der Waals surface area contributed by atoms with Gasteiger partial charge in [0.25, 0.3) is 0 Å². The Balaban J connectivity index is 0.00000261. The average molecular weight is 483 g/mol. The molecule has 1 aromatic heterocycles. The maximum atomic E-state index is 5.92. The number of benzene rings is 1. The molecule has 1 aliphatic rings.